The van der Waals surface area contributed by atoms with Crippen molar-refractivity contribution < 1.29 is 23.8 Å². The fraction of sp³-hybridized carbons (Fsp3) is 0.481. The topological polar surface area (TPSA) is 77.1 Å². The largest absolute Gasteiger partial charge is 0.497 e. The van der Waals surface area contributed by atoms with E-state index in [1.54, 1.807) is 31.4 Å². The van der Waals surface area contributed by atoms with Crippen LogP contribution >= 0.6 is 0 Å². The molecule has 2 heterocycles. The molecule has 0 radical (unpaired) electrons. The smallest absolute Gasteiger partial charge is 0.231 e. The lowest BCUT2D eigenvalue weighted by atomic mass is 10.0. The van der Waals surface area contributed by atoms with Crippen molar-refractivity contribution >= 4 is 11.7 Å². The lowest BCUT2D eigenvalue weighted by Crippen LogP contribution is -2.44. The molecule has 1 amide bonds. The molecular weight excluding hydrogens is 432 g/mol. The first kappa shape index (κ1) is 24.1. The van der Waals surface area contributed by atoms with Crippen LogP contribution in [-0.2, 0) is 11.2 Å². The number of fused-ring (bicyclic) bond motifs is 1. The van der Waals surface area contributed by atoms with E-state index in [1.807, 2.05) is 18.2 Å². The van der Waals surface area contributed by atoms with Crippen LogP contribution in [0.3, 0.4) is 0 Å². The zero-order chi connectivity index (χ0) is 23.8. The summed E-state index contributed by atoms with van der Waals surface area (Å²) < 4.78 is 16.1. The number of hydrogen-bond acceptors (Lipinski definition) is 6. The standard InChI is InChI=1S/C27H34N2O5/c1-32-23-11-9-21(10-12-23)24(30)6-2-3-7-27(31)28-22(18-29-14-4-5-15-29)16-20-8-13-25-26(17-20)34-19-33-25/h8-13,17,22H,2-7,14-16,18-19H2,1H3,(H,28,31). The molecule has 1 unspecified atom stereocenters. The van der Waals surface area contributed by atoms with E-state index in [9.17, 15) is 9.59 Å². The van der Waals surface area contributed by atoms with E-state index >= 15 is 0 Å². The number of nitrogens with one attached hydrogen (secondary N) is 1. The first-order valence-corrected chi connectivity index (χ1v) is 12.2. The van der Waals surface area contributed by atoms with Gasteiger partial charge in [0, 0.05) is 31.0 Å². The van der Waals surface area contributed by atoms with Gasteiger partial charge in [-0.1, -0.05) is 6.07 Å². The van der Waals surface area contributed by atoms with E-state index in [2.05, 4.69) is 10.2 Å². The molecule has 2 aliphatic heterocycles. The zero-order valence-electron chi connectivity index (χ0n) is 19.9. The van der Waals surface area contributed by atoms with Crippen LogP contribution in [-0.4, -0.2) is 56.2 Å². The summed E-state index contributed by atoms with van der Waals surface area (Å²) in [6.45, 7) is 3.27. The predicted octanol–water partition coefficient (Wildman–Crippen LogP) is 3.99. The number of ketones is 1. The number of likely N-dealkylation sites (tertiary alicyclic amines) is 1. The summed E-state index contributed by atoms with van der Waals surface area (Å²) in [4.78, 5) is 27.5. The Morgan fingerprint density at radius 3 is 2.50 bits per heavy atom. The molecule has 2 aromatic carbocycles. The van der Waals surface area contributed by atoms with Crippen molar-refractivity contribution in [2.45, 2.75) is 51.0 Å². The molecule has 0 aliphatic carbocycles. The minimum atomic E-state index is 0.0342. The summed E-state index contributed by atoms with van der Waals surface area (Å²) in [5.74, 6) is 2.41. The highest BCUT2D eigenvalue weighted by molar-refractivity contribution is 5.96. The van der Waals surface area contributed by atoms with E-state index in [-0.39, 0.29) is 24.5 Å². The third-order valence-electron chi connectivity index (χ3n) is 6.43. The molecule has 182 valence electrons. The predicted molar refractivity (Wildman–Crippen MR) is 130 cm³/mol. The van der Waals surface area contributed by atoms with Crippen LogP contribution in [0.2, 0.25) is 0 Å². The van der Waals surface area contributed by atoms with E-state index in [1.165, 1.54) is 12.8 Å². The number of amides is 1. The van der Waals surface area contributed by atoms with Gasteiger partial charge in [-0.2, -0.15) is 0 Å². The Bertz CT molecular complexity index is 969. The molecule has 0 aromatic heterocycles. The molecule has 0 bridgehead atoms. The van der Waals surface area contributed by atoms with E-state index in [4.69, 9.17) is 14.2 Å². The van der Waals surface area contributed by atoms with Crippen molar-refractivity contribution in [1.29, 1.82) is 0 Å². The lowest BCUT2D eigenvalue weighted by Gasteiger charge is -2.25. The Kier molecular flexibility index (Phi) is 8.41. The van der Waals surface area contributed by atoms with Gasteiger partial charge < -0.3 is 24.4 Å². The van der Waals surface area contributed by atoms with E-state index in [0.717, 1.165) is 48.9 Å². The molecule has 0 spiro atoms. The van der Waals surface area contributed by atoms with Crippen LogP contribution in [0.15, 0.2) is 42.5 Å². The molecule has 34 heavy (non-hydrogen) atoms. The van der Waals surface area contributed by atoms with Gasteiger partial charge in [-0.25, -0.2) is 0 Å². The minimum absolute atomic E-state index is 0.0342. The van der Waals surface area contributed by atoms with Crippen LogP contribution in [0.4, 0.5) is 0 Å². The molecule has 7 nitrogen and oxygen atoms in total. The second-order valence-electron chi connectivity index (χ2n) is 9.02. The molecular formula is C27H34N2O5. The Morgan fingerprint density at radius 2 is 1.74 bits per heavy atom. The molecule has 1 atom stereocenters. The Hall–Kier alpha value is -3.06. The van der Waals surface area contributed by atoms with Crippen LogP contribution < -0.4 is 19.5 Å². The third kappa shape index (κ3) is 6.73. The minimum Gasteiger partial charge on any atom is -0.497 e. The second-order valence-corrected chi connectivity index (χ2v) is 9.02. The third-order valence-corrected chi connectivity index (χ3v) is 6.43. The maximum absolute atomic E-state index is 12.7. The molecule has 2 aromatic rings. The zero-order valence-corrected chi connectivity index (χ0v) is 19.9. The van der Waals surface area contributed by atoms with Crippen molar-refractivity contribution in [1.82, 2.24) is 10.2 Å². The van der Waals surface area contributed by atoms with Gasteiger partial charge in [0.1, 0.15) is 5.75 Å². The van der Waals surface area contributed by atoms with Crippen molar-refractivity contribution in [3.05, 3.63) is 53.6 Å². The summed E-state index contributed by atoms with van der Waals surface area (Å²) in [6.07, 6.45) is 5.42. The fourth-order valence-corrected chi connectivity index (χ4v) is 4.58. The van der Waals surface area contributed by atoms with Crippen LogP contribution in [0, 0.1) is 0 Å². The average Bonchev–Trinajstić information content (AvgIpc) is 3.53. The highest BCUT2D eigenvalue weighted by Crippen LogP contribution is 2.32. The van der Waals surface area contributed by atoms with Gasteiger partial charge in [-0.15, -0.1) is 0 Å². The van der Waals surface area contributed by atoms with E-state index in [0.29, 0.717) is 31.2 Å². The number of carbonyl (C=O) groups is 2. The first-order chi connectivity index (χ1) is 16.6. The van der Waals surface area contributed by atoms with Crippen molar-refractivity contribution in [2.24, 2.45) is 0 Å². The number of benzene rings is 2. The monoisotopic (exact) mass is 466 g/mol. The lowest BCUT2D eigenvalue weighted by molar-refractivity contribution is -0.122. The van der Waals surface area contributed by atoms with Crippen molar-refractivity contribution in [2.75, 3.05) is 33.5 Å². The number of ether oxygens (including phenoxy) is 3. The summed E-state index contributed by atoms with van der Waals surface area (Å²) >= 11 is 0. The average molecular weight is 467 g/mol. The molecule has 4 rings (SSSR count). The maximum atomic E-state index is 12.7. The number of carbonyl (C=O) groups excluding carboxylic acids is 2. The Morgan fingerprint density at radius 1 is 1.00 bits per heavy atom. The molecule has 1 fully saturated rings. The van der Waals surface area contributed by atoms with E-state index < -0.39 is 0 Å². The summed E-state index contributed by atoms with van der Waals surface area (Å²) in [7, 11) is 1.60. The van der Waals surface area contributed by atoms with Crippen molar-refractivity contribution in [3.63, 3.8) is 0 Å². The number of Topliss-reactive ketones (excluding diaryl/α,β-unsaturated/α-hetero) is 1. The van der Waals surface area contributed by atoms with Crippen LogP contribution in [0.25, 0.3) is 0 Å². The number of nitrogens with zero attached hydrogens (tertiary/aromatic N) is 1. The van der Waals surface area contributed by atoms with Gasteiger partial charge in [0.05, 0.1) is 7.11 Å². The van der Waals surface area contributed by atoms with Gasteiger partial charge in [-0.05, 0) is 87.2 Å². The SMILES string of the molecule is COc1ccc(C(=O)CCCCC(=O)NC(Cc2ccc3c(c2)OCO3)CN2CCCC2)cc1. The summed E-state index contributed by atoms with van der Waals surface area (Å²) in [6, 6.07) is 13.2. The van der Waals surface area contributed by atoms with Gasteiger partial charge in [-0.3, -0.25) is 9.59 Å². The molecule has 0 saturated carbocycles. The van der Waals surface area contributed by atoms with Crippen molar-refractivity contribution in [3.8, 4) is 17.2 Å². The summed E-state index contributed by atoms with van der Waals surface area (Å²) in [5, 5.41) is 3.24. The molecule has 1 saturated heterocycles. The quantitative estimate of drug-likeness (QED) is 0.377. The number of methoxy groups -OCH3 is 1. The van der Waals surface area contributed by atoms with Gasteiger partial charge in [0.25, 0.3) is 0 Å². The number of rotatable bonds is 12. The molecule has 1 N–H and O–H groups in total. The first-order valence-electron chi connectivity index (χ1n) is 12.2. The van der Waals surface area contributed by atoms with Gasteiger partial charge >= 0.3 is 0 Å². The Labute approximate surface area is 201 Å². The van der Waals surface area contributed by atoms with Crippen LogP contribution in [0.1, 0.15) is 54.4 Å². The number of hydrogen-bond donors (Lipinski definition) is 1. The van der Waals surface area contributed by atoms with Crippen LogP contribution in [0.5, 0.6) is 17.2 Å². The Balaban J connectivity index is 1.24. The molecule has 7 heteroatoms. The maximum Gasteiger partial charge on any atom is 0.231 e. The summed E-state index contributed by atoms with van der Waals surface area (Å²) in [5.41, 5.74) is 1.80. The fourth-order valence-electron chi connectivity index (χ4n) is 4.58. The molecule has 2 aliphatic rings. The highest BCUT2D eigenvalue weighted by Gasteiger charge is 2.21. The van der Waals surface area contributed by atoms with Gasteiger partial charge in [0.15, 0.2) is 17.3 Å². The highest BCUT2D eigenvalue weighted by atomic mass is 16.7. The second kappa shape index (κ2) is 11.9. The normalized spacial score (nSPS) is 15.8. The van der Waals surface area contributed by atoms with Gasteiger partial charge in [0.2, 0.25) is 12.7 Å². The number of unbranched alkanes of at least 4 members (excludes halogenated alkanes) is 1.